The molecule has 3 rings (SSSR count). The van der Waals surface area contributed by atoms with Crippen molar-refractivity contribution in [3.63, 3.8) is 0 Å². The van der Waals surface area contributed by atoms with E-state index in [1.807, 2.05) is 31.2 Å². The summed E-state index contributed by atoms with van der Waals surface area (Å²) in [5, 5.41) is 2.84. The number of hydrogen-bond acceptors (Lipinski definition) is 8. The van der Waals surface area contributed by atoms with E-state index in [-0.39, 0.29) is 56.1 Å². The lowest BCUT2D eigenvalue weighted by Crippen LogP contribution is -2.39. The smallest absolute Gasteiger partial charge is 0.425 e. The zero-order valence-electron chi connectivity index (χ0n) is 21.7. The molecular formula is C26H30F3N5O5. The molecular weight excluding hydrogens is 519 g/mol. The van der Waals surface area contributed by atoms with Gasteiger partial charge in [0.1, 0.15) is 11.5 Å². The highest BCUT2D eigenvalue weighted by atomic mass is 19.4. The van der Waals surface area contributed by atoms with Gasteiger partial charge in [0.05, 0.1) is 26.3 Å². The van der Waals surface area contributed by atoms with Crippen molar-refractivity contribution in [2.75, 3.05) is 38.7 Å². The number of ether oxygens (including phenoxy) is 3. The fourth-order valence-electron chi connectivity index (χ4n) is 3.64. The maximum absolute atomic E-state index is 13.7. The van der Waals surface area contributed by atoms with Crippen LogP contribution in [0, 0.1) is 6.92 Å². The van der Waals surface area contributed by atoms with Crippen LogP contribution in [0.2, 0.25) is 0 Å². The van der Waals surface area contributed by atoms with Crippen molar-refractivity contribution < 1.29 is 37.0 Å². The second kappa shape index (κ2) is 13.1. The third-order valence-corrected chi connectivity index (χ3v) is 5.43. The predicted molar refractivity (Wildman–Crippen MR) is 137 cm³/mol. The minimum Gasteiger partial charge on any atom is -0.425 e. The molecule has 0 spiro atoms. The Morgan fingerprint density at radius 2 is 1.79 bits per heavy atom. The number of halogens is 3. The van der Waals surface area contributed by atoms with Crippen LogP contribution in [0.25, 0.3) is 0 Å². The van der Waals surface area contributed by atoms with Crippen LogP contribution in [0.3, 0.4) is 0 Å². The number of amides is 2. The van der Waals surface area contributed by atoms with Crippen LogP contribution in [-0.2, 0) is 16.1 Å². The van der Waals surface area contributed by atoms with Gasteiger partial charge in [0.15, 0.2) is 11.5 Å². The standard InChI is InChI=1S/C26H30F3N5O5/c1-17-7-9-19(10-8-17)16-34-22(24(36)33(18(2)35)12-14-37-13-11-30)23(31-3)32-25(34)38-20-5-4-6-21(15-20)39-26(27,28)29/h4-10,15,31H,11-14,16,30H2,1-3H3. The molecule has 0 aliphatic rings. The maximum atomic E-state index is 13.7. The molecule has 0 saturated carbocycles. The Hall–Kier alpha value is -4.10. The fraction of sp³-hybridized carbons (Fsp3) is 0.346. The number of rotatable bonds is 12. The van der Waals surface area contributed by atoms with Crippen molar-refractivity contribution >= 4 is 17.6 Å². The molecule has 1 aromatic heterocycles. The number of anilines is 1. The van der Waals surface area contributed by atoms with Crippen LogP contribution in [0.5, 0.6) is 17.5 Å². The van der Waals surface area contributed by atoms with Crippen LogP contribution in [0.1, 0.15) is 28.5 Å². The monoisotopic (exact) mass is 549 g/mol. The summed E-state index contributed by atoms with van der Waals surface area (Å²) in [4.78, 5) is 31.5. The lowest BCUT2D eigenvalue weighted by molar-refractivity contribution is -0.274. The van der Waals surface area contributed by atoms with E-state index in [0.717, 1.165) is 28.2 Å². The molecule has 0 fully saturated rings. The molecule has 39 heavy (non-hydrogen) atoms. The average molecular weight is 550 g/mol. The molecule has 3 aromatic rings. The molecule has 0 aliphatic heterocycles. The van der Waals surface area contributed by atoms with E-state index in [1.54, 1.807) is 7.05 Å². The number of alkyl halides is 3. The van der Waals surface area contributed by atoms with Crippen molar-refractivity contribution in [1.82, 2.24) is 14.5 Å². The number of hydrogen-bond donors (Lipinski definition) is 2. The summed E-state index contributed by atoms with van der Waals surface area (Å²) in [7, 11) is 1.54. The van der Waals surface area contributed by atoms with Gasteiger partial charge in [-0.3, -0.25) is 19.1 Å². The van der Waals surface area contributed by atoms with E-state index < -0.39 is 23.9 Å². The second-order valence-corrected chi connectivity index (χ2v) is 8.41. The quantitative estimate of drug-likeness (QED) is 0.326. The first-order chi connectivity index (χ1) is 18.5. The molecule has 0 saturated heterocycles. The van der Waals surface area contributed by atoms with Crippen molar-refractivity contribution in [1.29, 1.82) is 0 Å². The predicted octanol–water partition coefficient (Wildman–Crippen LogP) is 3.94. The lowest BCUT2D eigenvalue weighted by atomic mass is 10.1. The Labute approximate surface area is 223 Å². The summed E-state index contributed by atoms with van der Waals surface area (Å²) >= 11 is 0. The van der Waals surface area contributed by atoms with Crippen LogP contribution < -0.4 is 20.5 Å². The summed E-state index contributed by atoms with van der Waals surface area (Å²) in [5.74, 6) is -1.55. The minimum atomic E-state index is -4.88. The van der Waals surface area contributed by atoms with Gasteiger partial charge in [-0.05, 0) is 24.6 Å². The Kier molecular flexibility index (Phi) is 9.90. The number of imide groups is 1. The molecule has 13 heteroatoms. The van der Waals surface area contributed by atoms with Gasteiger partial charge in [-0.1, -0.05) is 35.9 Å². The highest BCUT2D eigenvalue weighted by Gasteiger charge is 2.32. The summed E-state index contributed by atoms with van der Waals surface area (Å²) < 4.78 is 54.8. The molecule has 0 bridgehead atoms. The van der Waals surface area contributed by atoms with Crippen LogP contribution in [-0.4, -0.2) is 66.0 Å². The molecule has 2 aromatic carbocycles. The normalized spacial score (nSPS) is 11.3. The molecule has 2 amide bonds. The van der Waals surface area contributed by atoms with Crippen LogP contribution in [0.15, 0.2) is 48.5 Å². The number of carbonyl (C=O) groups excluding carboxylic acids is 2. The molecule has 3 N–H and O–H groups in total. The van der Waals surface area contributed by atoms with Gasteiger partial charge in [0.25, 0.3) is 5.91 Å². The van der Waals surface area contributed by atoms with Crippen molar-refractivity contribution in [2.45, 2.75) is 26.8 Å². The summed E-state index contributed by atoms with van der Waals surface area (Å²) in [6.45, 7) is 3.90. The molecule has 0 aliphatic carbocycles. The second-order valence-electron chi connectivity index (χ2n) is 8.41. The third-order valence-electron chi connectivity index (χ3n) is 5.43. The van der Waals surface area contributed by atoms with Gasteiger partial charge in [-0.15, -0.1) is 13.2 Å². The SMILES string of the molecule is CNc1nc(Oc2cccc(OC(F)(F)F)c2)n(Cc2ccc(C)cc2)c1C(=O)N(CCOCCN)C(C)=O. The summed E-state index contributed by atoms with van der Waals surface area (Å²) in [6, 6.07) is 12.3. The first-order valence-electron chi connectivity index (χ1n) is 12.0. The Bertz CT molecular complexity index is 1280. The Morgan fingerprint density at radius 3 is 2.41 bits per heavy atom. The van der Waals surface area contributed by atoms with Crippen molar-refractivity contribution in [2.24, 2.45) is 5.73 Å². The number of benzene rings is 2. The van der Waals surface area contributed by atoms with Gasteiger partial charge < -0.3 is 25.3 Å². The molecule has 0 radical (unpaired) electrons. The van der Waals surface area contributed by atoms with E-state index >= 15 is 0 Å². The number of nitrogens with one attached hydrogen (secondary N) is 1. The first-order valence-corrected chi connectivity index (χ1v) is 12.0. The van der Waals surface area contributed by atoms with Gasteiger partial charge >= 0.3 is 12.4 Å². The fourth-order valence-corrected chi connectivity index (χ4v) is 3.64. The highest BCUT2D eigenvalue weighted by Crippen LogP contribution is 2.32. The summed E-state index contributed by atoms with van der Waals surface area (Å²) in [5.41, 5.74) is 7.26. The van der Waals surface area contributed by atoms with Gasteiger partial charge in [0.2, 0.25) is 5.91 Å². The van der Waals surface area contributed by atoms with Crippen molar-refractivity contribution in [3.8, 4) is 17.5 Å². The zero-order valence-corrected chi connectivity index (χ0v) is 21.7. The highest BCUT2D eigenvalue weighted by molar-refractivity contribution is 6.06. The van der Waals surface area contributed by atoms with Crippen LogP contribution in [0.4, 0.5) is 19.0 Å². The number of imidazole rings is 1. The number of aromatic nitrogens is 2. The van der Waals surface area contributed by atoms with E-state index in [9.17, 15) is 22.8 Å². The van der Waals surface area contributed by atoms with E-state index in [4.69, 9.17) is 15.2 Å². The van der Waals surface area contributed by atoms with E-state index in [2.05, 4.69) is 15.0 Å². The minimum absolute atomic E-state index is 0.00725. The Balaban J connectivity index is 2.04. The number of nitrogens with zero attached hydrogens (tertiary/aromatic N) is 3. The Morgan fingerprint density at radius 1 is 1.10 bits per heavy atom. The first kappa shape index (κ1) is 29.5. The summed E-state index contributed by atoms with van der Waals surface area (Å²) in [6.07, 6.45) is -4.88. The maximum Gasteiger partial charge on any atom is 0.573 e. The number of nitrogens with two attached hydrogens (primary N) is 1. The lowest BCUT2D eigenvalue weighted by Gasteiger charge is -2.21. The topological polar surface area (TPSA) is 121 Å². The van der Waals surface area contributed by atoms with Gasteiger partial charge in [-0.25, -0.2) is 0 Å². The van der Waals surface area contributed by atoms with Crippen LogP contribution >= 0.6 is 0 Å². The van der Waals surface area contributed by atoms with E-state index in [0.29, 0.717) is 0 Å². The third kappa shape index (κ3) is 8.19. The molecule has 1 heterocycles. The van der Waals surface area contributed by atoms with Gasteiger partial charge in [-0.2, -0.15) is 4.98 Å². The van der Waals surface area contributed by atoms with Gasteiger partial charge in [0, 0.05) is 26.6 Å². The molecule has 10 nitrogen and oxygen atoms in total. The number of aryl methyl sites for hydroxylation is 1. The number of carbonyl (C=O) groups is 2. The molecule has 0 unspecified atom stereocenters. The van der Waals surface area contributed by atoms with E-state index in [1.165, 1.54) is 23.6 Å². The van der Waals surface area contributed by atoms with Crippen molar-refractivity contribution in [3.05, 3.63) is 65.4 Å². The molecule has 210 valence electrons. The average Bonchev–Trinajstić information content (AvgIpc) is 3.20. The molecule has 0 atom stereocenters. The zero-order chi connectivity index (χ0) is 28.6. The largest absolute Gasteiger partial charge is 0.573 e.